The first-order valence-electron chi connectivity index (χ1n) is 9.55. The summed E-state index contributed by atoms with van der Waals surface area (Å²) in [6.07, 6.45) is 1.59. The number of rotatable bonds is 8. The highest BCUT2D eigenvalue weighted by Crippen LogP contribution is 2.26. The number of carbonyl (C=O) groups excluding carboxylic acids is 1. The molecule has 0 saturated carbocycles. The van der Waals surface area contributed by atoms with Gasteiger partial charge in [-0.05, 0) is 48.2 Å². The molecular formula is C23H20Cl2N4O3. The number of halogens is 2. The Labute approximate surface area is 195 Å². The average Bonchev–Trinajstić information content (AvgIpc) is 2.76. The van der Waals surface area contributed by atoms with Gasteiger partial charge in [0.1, 0.15) is 16.8 Å². The molecule has 0 spiro atoms. The van der Waals surface area contributed by atoms with E-state index < -0.39 is 5.97 Å². The Morgan fingerprint density at radius 3 is 2.34 bits per heavy atom. The van der Waals surface area contributed by atoms with E-state index in [0.29, 0.717) is 39.9 Å². The van der Waals surface area contributed by atoms with Crippen LogP contribution in [-0.4, -0.2) is 34.0 Å². The van der Waals surface area contributed by atoms with Gasteiger partial charge in [-0.2, -0.15) is 0 Å². The Balaban J connectivity index is 1.76. The van der Waals surface area contributed by atoms with Crippen LogP contribution in [-0.2, 0) is 17.6 Å². The maximum Gasteiger partial charge on any atom is 0.308 e. The van der Waals surface area contributed by atoms with Crippen molar-refractivity contribution in [2.45, 2.75) is 12.8 Å². The predicted octanol–water partition coefficient (Wildman–Crippen LogP) is 4.83. The molecule has 0 aliphatic rings. The van der Waals surface area contributed by atoms with E-state index in [-0.39, 0.29) is 17.5 Å². The van der Waals surface area contributed by atoms with Crippen LogP contribution in [0.1, 0.15) is 27.3 Å². The van der Waals surface area contributed by atoms with Crippen molar-refractivity contribution in [3.05, 3.63) is 94.0 Å². The van der Waals surface area contributed by atoms with Crippen LogP contribution in [0, 0.1) is 0 Å². The zero-order valence-electron chi connectivity index (χ0n) is 17.2. The standard InChI is InChI=1S/C23H20Cl2N4O3/c1-3-29(2)22-18(13-20(30)31)21(25)27-19(28-22)12-14-4-10-17(11-5-14)26-23(32)15-6-8-16(24)9-7-15/h3-11H,1,12-13H2,2H3,(H,26,32)(H,30,31). The number of carboxylic acids is 1. The molecule has 3 rings (SSSR count). The number of aromatic nitrogens is 2. The number of benzene rings is 2. The average molecular weight is 471 g/mol. The zero-order valence-corrected chi connectivity index (χ0v) is 18.7. The van der Waals surface area contributed by atoms with Crippen LogP contribution in [0.15, 0.2) is 61.3 Å². The number of carboxylic acid groups (broad SMARTS) is 1. The molecule has 0 aliphatic heterocycles. The number of hydrogen-bond donors (Lipinski definition) is 2. The summed E-state index contributed by atoms with van der Waals surface area (Å²) in [5.41, 5.74) is 2.35. The highest BCUT2D eigenvalue weighted by atomic mass is 35.5. The maximum absolute atomic E-state index is 12.3. The lowest BCUT2D eigenvalue weighted by molar-refractivity contribution is -0.136. The first-order valence-corrected chi connectivity index (χ1v) is 10.3. The predicted molar refractivity (Wildman–Crippen MR) is 126 cm³/mol. The number of nitrogens with one attached hydrogen (secondary N) is 1. The third-order valence-electron chi connectivity index (χ3n) is 4.60. The van der Waals surface area contributed by atoms with E-state index >= 15 is 0 Å². The monoisotopic (exact) mass is 470 g/mol. The molecule has 3 aromatic rings. The molecule has 32 heavy (non-hydrogen) atoms. The summed E-state index contributed by atoms with van der Waals surface area (Å²) in [5.74, 6) is -0.441. The van der Waals surface area contributed by atoms with Crippen molar-refractivity contribution in [2.75, 3.05) is 17.3 Å². The quantitative estimate of drug-likeness (QED) is 0.457. The number of nitrogens with zero attached hydrogens (tertiary/aromatic N) is 3. The second kappa shape index (κ2) is 10.3. The molecule has 0 saturated heterocycles. The summed E-state index contributed by atoms with van der Waals surface area (Å²) in [7, 11) is 1.71. The molecule has 1 amide bonds. The minimum Gasteiger partial charge on any atom is -0.481 e. The normalized spacial score (nSPS) is 10.5. The molecule has 0 fully saturated rings. The van der Waals surface area contributed by atoms with E-state index in [4.69, 9.17) is 28.3 Å². The summed E-state index contributed by atoms with van der Waals surface area (Å²) in [6.45, 7) is 3.69. The van der Waals surface area contributed by atoms with E-state index in [9.17, 15) is 9.59 Å². The van der Waals surface area contributed by atoms with Crippen molar-refractivity contribution < 1.29 is 14.7 Å². The molecular weight excluding hydrogens is 451 g/mol. The van der Waals surface area contributed by atoms with Gasteiger partial charge in [-0.1, -0.05) is 41.9 Å². The van der Waals surface area contributed by atoms with Crippen LogP contribution in [0.25, 0.3) is 0 Å². The van der Waals surface area contributed by atoms with Gasteiger partial charge in [0.05, 0.1) is 6.42 Å². The van der Waals surface area contributed by atoms with Crippen LogP contribution in [0.4, 0.5) is 11.5 Å². The van der Waals surface area contributed by atoms with Crippen LogP contribution < -0.4 is 10.2 Å². The fraction of sp³-hybridized carbons (Fsp3) is 0.130. The number of anilines is 2. The van der Waals surface area contributed by atoms with E-state index in [1.54, 1.807) is 48.3 Å². The molecule has 7 nitrogen and oxygen atoms in total. The Bertz CT molecular complexity index is 1150. The number of hydrogen-bond acceptors (Lipinski definition) is 5. The van der Waals surface area contributed by atoms with Crippen molar-refractivity contribution >= 4 is 46.6 Å². The van der Waals surface area contributed by atoms with Gasteiger partial charge in [0.15, 0.2) is 0 Å². The number of carbonyl (C=O) groups is 2. The van der Waals surface area contributed by atoms with Gasteiger partial charge in [-0.25, -0.2) is 9.97 Å². The van der Waals surface area contributed by atoms with Crippen molar-refractivity contribution in [1.82, 2.24) is 9.97 Å². The van der Waals surface area contributed by atoms with Crippen LogP contribution in [0.2, 0.25) is 10.2 Å². The Morgan fingerprint density at radius 1 is 1.09 bits per heavy atom. The largest absolute Gasteiger partial charge is 0.481 e. The van der Waals surface area contributed by atoms with Crippen molar-refractivity contribution in [1.29, 1.82) is 0 Å². The molecule has 0 bridgehead atoms. The maximum atomic E-state index is 12.3. The number of aliphatic carboxylic acids is 1. The lowest BCUT2D eigenvalue weighted by Gasteiger charge is -2.18. The first kappa shape index (κ1) is 23.2. The smallest absolute Gasteiger partial charge is 0.308 e. The van der Waals surface area contributed by atoms with Gasteiger partial charge < -0.3 is 15.3 Å². The minimum atomic E-state index is -1.03. The fourth-order valence-corrected chi connectivity index (χ4v) is 3.32. The molecule has 0 atom stereocenters. The Kier molecular flexibility index (Phi) is 7.45. The number of amides is 1. The van der Waals surface area contributed by atoms with Gasteiger partial charge >= 0.3 is 5.97 Å². The van der Waals surface area contributed by atoms with E-state index in [0.717, 1.165) is 5.56 Å². The second-order valence-corrected chi connectivity index (χ2v) is 7.73. The topological polar surface area (TPSA) is 95.4 Å². The van der Waals surface area contributed by atoms with Crippen LogP contribution in [0.3, 0.4) is 0 Å². The summed E-state index contributed by atoms with van der Waals surface area (Å²) >= 11 is 12.1. The van der Waals surface area contributed by atoms with Crippen molar-refractivity contribution in [2.24, 2.45) is 0 Å². The van der Waals surface area contributed by atoms with E-state index in [1.165, 1.54) is 6.20 Å². The SMILES string of the molecule is C=CN(C)c1nc(Cc2ccc(NC(=O)c3ccc(Cl)cc3)cc2)nc(Cl)c1CC(=O)O. The molecule has 0 aliphatic carbocycles. The Hall–Kier alpha value is -3.42. The molecule has 0 unspecified atom stereocenters. The van der Waals surface area contributed by atoms with Gasteiger partial charge in [0.2, 0.25) is 0 Å². The van der Waals surface area contributed by atoms with Crippen molar-refractivity contribution in [3.63, 3.8) is 0 Å². The summed E-state index contributed by atoms with van der Waals surface area (Å²) in [5, 5.41) is 12.6. The summed E-state index contributed by atoms with van der Waals surface area (Å²) < 4.78 is 0. The van der Waals surface area contributed by atoms with Crippen LogP contribution in [0.5, 0.6) is 0 Å². The lowest BCUT2D eigenvalue weighted by Crippen LogP contribution is -2.17. The third-order valence-corrected chi connectivity index (χ3v) is 5.16. The highest BCUT2D eigenvalue weighted by Gasteiger charge is 2.18. The molecule has 9 heteroatoms. The first-order chi connectivity index (χ1) is 15.3. The van der Waals surface area contributed by atoms with Gasteiger partial charge in [-0.3, -0.25) is 9.59 Å². The van der Waals surface area contributed by atoms with E-state index in [1.807, 2.05) is 12.1 Å². The summed E-state index contributed by atoms with van der Waals surface area (Å²) in [4.78, 5) is 33.9. The van der Waals surface area contributed by atoms with Gasteiger partial charge in [0.25, 0.3) is 5.91 Å². The minimum absolute atomic E-state index is 0.0907. The van der Waals surface area contributed by atoms with Gasteiger partial charge in [-0.15, -0.1) is 0 Å². The molecule has 164 valence electrons. The molecule has 2 N–H and O–H groups in total. The molecule has 1 heterocycles. The zero-order chi connectivity index (χ0) is 23.3. The highest BCUT2D eigenvalue weighted by molar-refractivity contribution is 6.31. The molecule has 2 aromatic carbocycles. The second-order valence-electron chi connectivity index (χ2n) is 6.93. The molecule has 0 radical (unpaired) electrons. The fourth-order valence-electron chi connectivity index (χ4n) is 2.94. The van der Waals surface area contributed by atoms with Crippen LogP contribution >= 0.6 is 23.2 Å². The lowest BCUT2D eigenvalue weighted by atomic mass is 10.1. The van der Waals surface area contributed by atoms with Crippen molar-refractivity contribution in [3.8, 4) is 0 Å². The van der Waals surface area contributed by atoms with Gasteiger partial charge in [0, 0.05) is 35.3 Å². The Morgan fingerprint density at radius 2 is 1.75 bits per heavy atom. The van der Waals surface area contributed by atoms with E-state index in [2.05, 4.69) is 21.9 Å². The third kappa shape index (κ3) is 5.84. The molecule has 1 aromatic heterocycles. The summed E-state index contributed by atoms with van der Waals surface area (Å²) in [6, 6.07) is 13.9.